The van der Waals surface area contributed by atoms with E-state index in [1.807, 2.05) is 32.0 Å². The molecule has 0 radical (unpaired) electrons. The van der Waals surface area contributed by atoms with Gasteiger partial charge in [-0.3, -0.25) is 0 Å². The Balaban J connectivity index is 2.55. The lowest BCUT2D eigenvalue weighted by Gasteiger charge is -2.03. The zero-order valence-corrected chi connectivity index (χ0v) is 8.90. The van der Waals surface area contributed by atoms with E-state index in [0.29, 0.717) is 12.4 Å². The van der Waals surface area contributed by atoms with Crippen molar-refractivity contribution in [1.82, 2.24) is 0 Å². The van der Waals surface area contributed by atoms with Crippen molar-refractivity contribution < 1.29 is 14.3 Å². The monoisotopic (exact) mass is 206 g/mol. The second-order valence-corrected chi connectivity index (χ2v) is 2.94. The van der Waals surface area contributed by atoms with E-state index in [2.05, 4.69) is 0 Å². The van der Waals surface area contributed by atoms with Crippen LogP contribution in [0.4, 0.5) is 0 Å². The lowest BCUT2D eigenvalue weighted by atomic mass is 10.2. The molecule has 0 aliphatic heterocycles. The first-order valence-electron chi connectivity index (χ1n) is 4.79. The van der Waals surface area contributed by atoms with Crippen LogP contribution >= 0.6 is 0 Å². The molecule has 0 amide bonds. The number of hydrogen-bond donors (Lipinski definition) is 0. The van der Waals surface area contributed by atoms with Crippen molar-refractivity contribution in [1.29, 1.82) is 0 Å². The van der Waals surface area contributed by atoms with Crippen LogP contribution in [-0.2, 0) is 9.53 Å². The predicted molar refractivity (Wildman–Crippen MR) is 57.6 cm³/mol. The fourth-order valence-electron chi connectivity index (χ4n) is 1.01. The van der Waals surface area contributed by atoms with Gasteiger partial charge in [0.15, 0.2) is 0 Å². The second-order valence-electron chi connectivity index (χ2n) is 2.94. The quantitative estimate of drug-likeness (QED) is 0.328. The standard InChI is InChI=1S/C12H14O3/c1-3-14-9-8-12(13)15-11-7-5-4-6-10(11)2/h4-9H,3H2,1-2H3. The first-order valence-corrected chi connectivity index (χ1v) is 4.79. The highest BCUT2D eigenvalue weighted by Crippen LogP contribution is 2.16. The van der Waals surface area contributed by atoms with Gasteiger partial charge in [0.05, 0.1) is 18.9 Å². The van der Waals surface area contributed by atoms with Gasteiger partial charge < -0.3 is 9.47 Å². The number of ether oxygens (including phenoxy) is 2. The number of rotatable bonds is 4. The molecule has 15 heavy (non-hydrogen) atoms. The average molecular weight is 206 g/mol. The van der Waals surface area contributed by atoms with Gasteiger partial charge in [0.2, 0.25) is 0 Å². The zero-order chi connectivity index (χ0) is 11.1. The second kappa shape index (κ2) is 5.86. The van der Waals surface area contributed by atoms with Crippen LogP contribution in [0.25, 0.3) is 0 Å². The van der Waals surface area contributed by atoms with Crippen LogP contribution in [0.2, 0.25) is 0 Å². The van der Waals surface area contributed by atoms with Crippen LogP contribution < -0.4 is 4.74 Å². The highest BCUT2D eigenvalue weighted by molar-refractivity contribution is 5.83. The molecule has 3 nitrogen and oxygen atoms in total. The zero-order valence-electron chi connectivity index (χ0n) is 8.90. The number of para-hydroxylation sites is 1. The molecule has 0 N–H and O–H groups in total. The van der Waals surface area contributed by atoms with E-state index in [4.69, 9.17) is 9.47 Å². The number of aryl methyl sites for hydroxylation is 1. The minimum atomic E-state index is -0.433. The minimum absolute atomic E-state index is 0.433. The first-order chi connectivity index (χ1) is 7.24. The van der Waals surface area contributed by atoms with E-state index in [1.54, 1.807) is 6.07 Å². The lowest BCUT2D eigenvalue weighted by Crippen LogP contribution is -2.04. The predicted octanol–water partition coefficient (Wildman–Crippen LogP) is 2.45. The molecule has 0 saturated carbocycles. The maximum Gasteiger partial charge on any atom is 0.339 e. The Morgan fingerprint density at radius 2 is 2.13 bits per heavy atom. The van der Waals surface area contributed by atoms with Crippen molar-refractivity contribution >= 4 is 5.97 Å². The van der Waals surface area contributed by atoms with E-state index in [0.717, 1.165) is 5.56 Å². The summed E-state index contributed by atoms with van der Waals surface area (Å²) >= 11 is 0. The first kappa shape index (κ1) is 11.3. The SMILES string of the molecule is CCOC=CC(=O)Oc1ccccc1C. The Morgan fingerprint density at radius 3 is 2.80 bits per heavy atom. The molecule has 0 saturated heterocycles. The number of carbonyl (C=O) groups is 1. The van der Waals surface area contributed by atoms with Crippen molar-refractivity contribution in [2.45, 2.75) is 13.8 Å². The molecule has 0 aromatic heterocycles. The molecular formula is C12H14O3. The summed E-state index contributed by atoms with van der Waals surface area (Å²) < 4.78 is 9.98. The molecule has 0 atom stereocenters. The van der Waals surface area contributed by atoms with Crippen LogP contribution in [-0.4, -0.2) is 12.6 Å². The Bertz CT molecular complexity index is 356. The third kappa shape index (κ3) is 3.85. The highest BCUT2D eigenvalue weighted by atomic mass is 16.5. The Morgan fingerprint density at radius 1 is 1.40 bits per heavy atom. The van der Waals surface area contributed by atoms with Crippen LogP contribution in [0.15, 0.2) is 36.6 Å². The van der Waals surface area contributed by atoms with Gasteiger partial charge in [0, 0.05) is 0 Å². The molecular weight excluding hydrogens is 192 g/mol. The number of esters is 1. The molecule has 1 rings (SSSR count). The van der Waals surface area contributed by atoms with E-state index >= 15 is 0 Å². The van der Waals surface area contributed by atoms with Crippen molar-refractivity contribution in [2.24, 2.45) is 0 Å². The third-order valence-electron chi connectivity index (χ3n) is 1.77. The van der Waals surface area contributed by atoms with Gasteiger partial charge in [-0.05, 0) is 25.5 Å². The van der Waals surface area contributed by atoms with Gasteiger partial charge in [0.25, 0.3) is 0 Å². The minimum Gasteiger partial charge on any atom is -0.501 e. The molecule has 0 heterocycles. The van der Waals surface area contributed by atoms with Gasteiger partial charge in [0.1, 0.15) is 5.75 Å². The molecule has 1 aromatic rings. The smallest absolute Gasteiger partial charge is 0.339 e. The summed E-state index contributed by atoms with van der Waals surface area (Å²) in [6.45, 7) is 4.26. The van der Waals surface area contributed by atoms with E-state index in [1.165, 1.54) is 12.3 Å². The Kier molecular flexibility index (Phi) is 4.41. The van der Waals surface area contributed by atoms with Crippen LogP contribution in [0.3, 0.4) is 0 Å². The summed E-state index contributed by atoms with van der Waals surface area (Å²) in [5, 5.41) is 0. The van der Waals surface area contributed by atoms with Crippen LogP contribution in [0.5, 0.6) is 5.75 Å². The van der Waals surface area contributed by atoms with Gasteiger partial charge in [-0.15, -0.1) is 0 Å². The topological polar surface area (TPSA) is 35.5 Å². The summed E-state index contributed by atoms with van der Waals surface area (Å²) in [6.07, 6.45) is 2.59. The molecule has 0 fully saturated rings. The Hall–Kier alpha value is -1.77. The molecule has 3 heteroatoms. The Labute approximate surface area is 89.3 Å². The van der Waals surface area contributed by atoms with Gasteiger partial charge in [-0.25, -0.2) is 4.79 Å². The molecule has 80 valence electrons. The normalized spacial score (nSPS) is 10.3. The molecule has 1 aromatic carbocycles. The van der Waals surface area contributed by atoms with Crippen molar-refractivity contribution in [2.75, 3.05) is 6.61 Å². The van der Waals surface area contributed by atoms with E-state index in [9.17, 15) is 4.79 Å². The molecule has 0 spiro atoms. The summed E-state index contributed by atoms with van der Waals surface area (Å²) in [4.78, 5) is 11.3. The summed E-state index contributed by atoms with van der Waals surface area (Å²) in [5.41, 5.74) is 0.927. The van der Waals surface area contributed by atoms with Gasteiger partial charge in [-0.1, -0.05) is 18.2 Å². The van der Waals surface area contributed by atoms with Crippen LogP contribution in [0, 0.1) is 6.92 Å². The van der Waals surface area contributed by atoms with Gasteiger partial charge in [-0.2, -0.15) is 0 Å². The fourth-order valence-corrected chi connectivity index (χ4v) is 1.01. The number of benzene rings is 1. The van der Waals surface area contributed by atoms with E-state index in [-0.39, 0.29) is 0 Å². The van der Waals surface area contributed by atoms with Crippen LogP contribution in [0.1, 0.15) is 12.5 Å². The van der Waals surface area contributed by atoms with Crippen molar-refractivity contribution in [3.63, 3.8) is 0 Å². The summed E-state index contributed by atoms with van der Waals surface area (Å²) in [6, 6.07) is 7.35. The summed E-state index contributed by atoms with van der Waals surface area (Å²) in [5.74, 6) is 0.140. The third-order valence-corrected chi connectivity index (χ3v) is 1.77. The number of carbonyl (C=O) groups excluding carboxylic acids is 1. The van der Waals surface area contributed by atoms with Gasteiger partial charge >= 0.3 is 5.97 Å². The fraction of sp³-hybridized carbons (Fsp3) is 0.250. The lowest BCUT2D eigenvalue weighted by molar-refractivity contribution is -0.129. The largest absolute Gasteiger partial charge is 0.501 e. The molecule has 0 unspecified atom stereocenters. The van der Waals surface area contributed by atoms with E-state index < -0.39 is 5.97 Å². The number of hydrogen-bond acceptors (Lipinski definition) is 3. The molecule has 0 aliphatic rings. The molecule has 0 bridgehead atoms. The summed E-state index contributed by atoms with van der Waals surface area (Å²) in [7, 11) is 0. The average Bonchev–Trinajstić information content (AvgIpc) is 2.22. The maximum atomic E-state index is 11.3. The van der Waals surface area contributed by atoms with Crippen molar-refractivity contribution in [3.05, 3.63) is 42.2 Å². The maximum absolute atomic E-state index is 11.3. The highest BCUT2D eigenvalue weighted by Gasteiger charge is 2.02. The van der Waals surface area contributed by atoms with Crippen molar-refractivity contribution in [3.8, 4) is 5.75 Å². The molecule has 0 aliphatic carbocycles.